The molecule has 0 spiro atoms. The van der Waals surface area contributed by atoms with Crippen molar-refractivity contribution in [2.24, 2.45) is 0 Å². The molecule has 424 valence electrons. The van der Waals surface area contributed by atoms with E-state index in [1.54, 1.807) is 0 Å². The second-order valence-electron chi connectivity index (χ2n) is 21.3. The molecular weight excluding hydrogens is 901 g/mol. The maximum absolute atomic E-state index is 12.9. The Morgan fingerprint density at radius 1 is 0.288 bits per heavy atom. The molecule has 0 saturated heterocycles. The Kier molecular flexibility index (Phi) is 59.2. The van der Waals surface area contributed by atoms with Crippen molar-refractivity contribution < 1.29 is 28.6 Å². The van der Waals surface area contributed by atoms with E-state index in [1.165, 1.54) is 199 Å². The summed E-state index contributed by atoms with van der Waals surface area (Å²) in [5.74, 6) is -0.877. The van der Waals surface area contributed by atoms with Crippen LogP contribution in [0.25, 0.3) is 0 Å². The third-order valence-electron chi connectivity index (χ3n) is 14.0. The number of esters is 3. The molecule has 73 heavy (non-hydrogen) atoms. The predicted octanol–water partition coefficient (Wildman–Crippen LogP) is 21.6. The topological polar surface area (TPSA) is 78.9 Å². The van der Waals surface area contributed by atoms with Gasteiger partial charge in [-0.2, -0.15) is 0 Å². The number of allylic oxidation sites excluding steroid dienone is 10. The quantitative estimate of drug-likeness (QED) is 0.0261. The fraction of sp³-hybridized carbons (Fsp3) is 0.806. The summed E-state index contributed by atoms with van der Waals surface area (Å²) in [6.45, 7) is 6.56. The largest absolute Gasteiger partial charge is 0.462 e. The van der Waals surface area contributed by atoms with Gasteiger partial charge in [-0.15, -0.1) is 0 Å². The summed E-state index contributed by atoms with van der Waals surface area (Å²) in [4.78, 5) is 38.3. The lowest BCUT2D eigenvalue weighted by Gasteiger charge is -2.18. The average molecular weight is 1020 g/mol. The van der Waals surface area contributed by atoms with Crippen LogP contribution < -0.4 is 0 Å². The van der Waals surface area contributed by atoms with E-state index < -0.39 is 6.10 Å². The number of unbranched alkanes of at least 4 members (excludes halogenated alkanes) is 37. The molecule has 0 aliphatic heterocycles. The number of carbonyl (C=O) groups excluding carboxylic acids is 3. The first kappa shape index (κ1) is 70.1. The van der Waals surface area contributed by atoms with E-state index in [9.17, 15) is 14.4 Å². The molecule has 0 rings (SSSR count). The van der Waals surface area contributed by atoms with Crippen molar-refractivity contribution in [2.45, 2.75) is 335 Å². The summed E-state index contributed by atoms with van der Waals surface area (Å²) in [5, 5.41) is 0. The third-order valence-corrected chi connectivity index (χ3v) is 14.0. The molecule has 0 aromatic rings. The monoisotopic (exact) mass is 1020 g/mol. The minimum absolute atomic E-state index is 0.0780. The van der Waals surface area contributed by atoms with Crippen LogP contribution in [-0.4, -0.2) is 37.2 Å². The predicted molar refractivity (Wildman–Crippen MR) is 316 cm³/mol. The van der Waals surface area contributed by atoms with Crippen molar-refractivity contribution in [1.82, 2.24) is 0 Å². The minimum atomic E-state index is -0.781. The summed E-state index contributed by atoms with van der Waals surface area (Å²) in [5.41, 5.74) is 0. The van der Waals surface area contributed by atoms with Crippen molar-refractivity contribution in [3.05, 3.63) is 60.8 Å². The highest BCUT2D eigenvalue weighted by Gasteiger charge is 2.19. The molecule has 0 aliphatic carbocycles. The van der Waals surface area contributed by atoms with E-state index in [2.05, 4.69) is 81.5 Å². The van der Waals surface area contributed by atoms with Crippen LogP contribution in [0.5, 0.6) is 0 Å². The van der Waals surface area contributed by atoms with E-state index in [0.29, 0.717) is 19.3 Å². The van der Waals surface area contributed by atoms with Crippen LogP contribution in [0.3, 0.4) is 0 Å². The maximum Gasteiger partial charge on any atom is 0.306 e. The van der Waals surface area contributed by atoms with Crippen molar-refractivity contribution in [3.8, 4) is 0 Å². The molecule has 0 saturated carbocycles. The lowest BCUT2D eigenvalue weighted by Crippen LogP contribution is -2.30. The van der Waals surface area contributed by atoms with Gasteiger partial charge < -0.3 is 14.2 Å². The molecule has 0 N–H and O–H groups in total. The molecule has 0 aromatic heterocycles. The average Bonchev–Trinajstić information content (AvgIpc) is 3.39. The molecule has 1 atom stereocenters. The van der Waals surface area contributed by atoms with Gasteiger partial charge in [0, 0.05) is 19.3 Å². The second kappa shape index (κ2) is 61.7. The van der Waals surface area contributed by atoms with Gasteiger partial charge in [0.25, 0.3) is 0 Å². The Morgan fingerprint density at radius 2 is 0.534 bits per heavy atom. The third kappa shape index (κ3) is 59.9. The van der Waals surface area contributed by atoms with Crippen molar-refractivity contribution in [1.29, 1.82) is 0 Å². The van der Waals surface area contributed by atoms with Crippen LogP contribution in [0, 0.1) is 0 Å². The molecule has 0 aromatic carbocycles. The number of hydrogen-bond donors (Lipinski definition) is 0. The fourth-order valence-corrected chi connectivity index (χ4v) is 9.25. The summed E-state index contributed by atoms with van der Waals surface area (Å²) >= 11 is 0. The highest BCUT2D eigenvalue weighted by atomic mass is 16.6. The molecule has 0 heterocycles. The summed E-state index contributed by atoms with van der Waals surface area (Å²) in [7, 11) is 0. The number of carbonyl (C=O) groups is 3. The van der Waals surface area contributed by atoms with E-state index in [0.717, 1.165) is 89.9 Å². The van der Waals surface area contributed by atoms with Gasteiger partial charge in [0.1, 0.15) is 13.2 Å². The van der Waals surface area contributed by atoms with Crippen molar-refractivity contribution in [2.75, 3.05) is 13.2 Å². The van der Waals surface area contributed by atoms with Crippen LogP contribution in [0.1, 0.15) is 329 Å². The number of rotatable bonds is 58. The second-order valence-corrected chi connectivity index (χ2v) is 21.3. The molecule has 0 fully saturated rings. The Balaban J connectivity index is 4.38. The van der Waals surface area contributed by atoms with Gasteiger partial charge in [-0.1, -0.05) is 287 Å². The highest BCUT2D eigenvalue weighted by Crippen LogP contribution is 2.17. The van der Waals surface area contributed by atoms with Gasteiger partial charge in [0.05, 0.1) is 0 Å². The van der Waals surface area contributed by atoms with E-state index in [4.69, 9.17) is 14.2 Å². The van der Waals surface area contributed by atoms with Crippen LogP contribution in [-0.2, 0) is 28.6 Å². The first-order valence-electron chi connectivity index (χ1n) is 31.8. The summed E-state index contributed by atoms with van der Waals surface area (Å²) in [6, 6.07) is 0. The lowest BCUT2D eigenvalue weighted by molar-refractivity contribution is -0.167. The Morgan fingerprint density at radius 3 is 0.849 bits per heavy atom. The normalized spacial score (nSPS) is 12.4. The smallest absolute Gasteiger partial charge is 0.306 e. The first-order chi connectivity index (χ1) is 36.0. The Labute approximate surface area is 453 Å². The van der Waals surface area contributed by atoms with Crippen LogP contribution in [0.4, 0.5) is 0 Å². The fourth-order valence-electron chi connectivity index (χ4n) is 9.25. The van der Waals surface area contributed by atoms with Gasteiger partial charge in [-0.05, 0) is 83.5 Å². The summed E-state index contributed by atoms with van der Waals surface area (Å²) in [6.07, 6.45) is 77.9. The molecular formula is C67H120O6. The molecule has 0 amide bonds. The zero-order valence-corrected chi connectivity index (χ0v) is 48.7. The van der Waals surface area contributed by atoms with Gasteiger partial charge in [-0.3, -0.25) is 14.4 Å². The lowest BCUT2D eigenvalue weighted by atomic mass is 10.0. The van der Waals surface area contributed by atoms with Gasteiger partial charge in [-0.25, -0.2) is 0 Å². The number of hydrogen-bond acceptors (Lipinski definition) is 6. The molecule has 6 heteroatoms. The van der Waals surface area contributed by atoms with Gasteiger partial charge in [0.2, 0.25) is 0 Å². The maximum atomic E-state index is 12.9. The molecule has 1 unspecified atom stereocenters. The number of ether oxygens (including phenoxy) is 3. The van der Waals surface area contributed by atoms with Crippen molar-refractivity contribution >= 4 is 17.9 Å². The SMILES string of the molecule is CC/C=C\C/C=C\C/C=C\C/C=C\CCCCCCCCC(=O)OCC(COC(=O)CCCCCCCCC/C=C\CCCCCCCC)OC(=O)CCCCCCCCCCCCCCCCCCCCC. The van der Waals surface area contributed by atoms with Gasteiger partial charge in [0.15, 0.2) is 6.10 Å². The molecule has 0 aliphatic rings. The summed E-state index contributed by atoms with van der Waals surface area (Å²) < 4.78 is 16.9. The van der Waals surface area contributed by atoms with E-state index in [-0.39, 0.29) is 31.1 Å². The van der Waals surface area contributed by atoms with Crippen LogP contribution in [0.15, 0.2) is 60.8 Å². The van der Waals surface area contributed by atoms with Crippen molar-refractivity contribution in [3.63, 3.8) is 0 Å². The Hall–Kier alpha value is -2.89. The standard InChI is InChI=1S/C67H120O6/c1-4-7-10-13-16-19-22-25-28-31-33-36-39-42-45-48-51-54-57-60-66(69)72-63-64(62-71-65(68)59-56-53-50-47-44-41-38-35-30-27-24-21-18-15-12-9-6-3)73-67(70)61-58-55-52-49-46-43-40-37-34-32-29-26-23-20-17-14-11-8-5-2/h7,10,16,19,25,27-28,30,33,36,64H,4-6,8-9,11-15,17-18,20-24,26,29,31-32,34-35,37-63H2,1-3H3/b10-7-,19-16-,28-25-,30-27-,36-33-. The minimum Gasteiger partial charge on any atom is -0.462 e. The van der Waals surface area contributed by atoms with E-state index >= 15 is 0 Å². The van der Waals surface area contributed by atoms with Crippen LogP contribution >= 0.6 is 0 Å². The molecule has 6 nitrogen and oxygen atoms in total. The highest BCUT2D eigenvalue weighted by molar-refractivity contribution is 5.71. The zero-order valence-electron chi connectivity index (χ0n) is 48.7. The van der Waals surface area contributed by atoms with Crippen LogP contribution in [0.2, 0.25) is 0 Å². The molecule has 0 radical (unpaired) electrons. The van der Waals surface area contributed by atoms with E-state index in [1.807, 2.05) is 0 Å². The van der Waals surface area contributed by atoms with Gasteiger partial charge >= 0.3 is 17.9 Å². The first-order valence-corrected chi connectivity index (χ1v) is 31.8. The molecule has 0 bridgehead atoms. The Bertz CT molecular complexity index is 1310. The zero-order chi connectivity index (χ0) is 52.9.